The molecule has 32 heavy (non-hydrogen) atoms. The zero-order chi connectivity index (χ0) is 22.5. The standard InChI is InChI=1S/C22H20N2O8/c25-9-13-1-5-15(6-2-13)23-21(27)31-17-11-29-20-18(12-30-19(17)20)32-22(28)24-16-7-3-14(10-26)4-8-16/h1-10,17-20H,11-12H2,(H,23,27)(H,24,28)/t17-,18+,19-,20-/m1/s1. The van der Waals surface area contributed by atoms with E-state index < -0.39 is 36.6 Å². The zero-order valence-electron chi connectivity index (χ0n) is 16.8. The minimum absolute atomic E-state index is 0.0987. The van der Waals surface area contributed by atoms with Gasteiger partial charge >= 0.3 is 12.2 Å². The summed E-state index contributed by atoms with van der Waals surface area (Å²) < 4.78 is 22.1. The van der Waals surface area contributed by atoms with E-state index in [0.717, 1.165) is 0 Å². The first-order valence-corrected chi connectivity index (χ1v) is 9.84. The maximum atomic E-state index is 12.2. The Kier molecular flexibility index (Phi) is 6.43. The smallest absolute Gasteiger partial charge is 0.412 e. The fraction of sp³-hybridized carbons (Fsp3) is 0.273. The molecule has 2 aromatic rings. The van der Waals surface area contributed by atoms with Gasteiger partial charge in [-0.15, -0.1) is 0 Å². The zero-order valence-corrected chi connectivity index (χ0v) is 16.8. The fourth-order valence-corrected chi connectivity index (χ4v) is 3.49. The number of hydrogen-bond donors (Lipinski definition) is 2. The van der Waals surface area contributed by atoms with Crippen LogP contribution in [0.5, 0.6) is 0 Å². The van der Waals surface area contributed by atoms with Crippen molar-refractivity contribution < 1.29 is 38.1 Å². The summed E-state index contributed by atoms with van der Waals surface area (Å²) in [7, 11) is 0. The second-order valence-corrected chi connectivity index (χ2v) is 7.21. The number of benzene rings is 2. The molecule has 0 spiro atoms. The average Bonchev–Trinajstić information content (AvgIpc) is 3.38. The molecule has 10 nitrogen and oxygen atoms in total. The number of anilines is 2. The van der Waals surface area contributed by atoms with Crippen molar-refractivity contribution in [2.45, 2.75) is 24.4 Å². The summed E-state index contributed by atoms with van der Waals surface area (Å²) in [5, 5.41) is 5.15. The van der Waals surface area contributed by atoms with Crippen molar-refractivity contribution in [1.82, 2.24) is 0 Å². The Labute approximate surface area is 182 Å². The van der Waals surface area contributed by atoms with Crippen LogP contribution in [0.25, 0.3) is 0 Å². The summed E-state index contributed by atoms with van der Waals surface area (Å²) in [4.78, 5) is 45.8. The van der Waals surface area contributed by atoms with Gasteiger partial charge in [0.25, 0.3) is 0 Å². The Balaban J connectivity index is 1.26. The largest absolute Gasteiger partial charge is 0.441 e. The van der Waals surface area contributed by atoms with Gasteiger partial charge in [-0.3, -0.25) is 20.2 Å². The monoisotopic (exact) mass is 440 g/mol. The highest BCUT2D eigenvalue weighted by Crippen LogP contribution is 2.31. The van der Waals surface area contributed by atoms with E-state index >= 15 is 0 Å². The Morgan fingerprint density at radius 3 is 1.44 bits per heavy atom. The van der Waals surface area contributed by atoms with Crippen molar-refractivity contribution in [2.24, 2.45) is 0 Å². The van der Waals surface area contributed by atoms with Crippen molar-refractivity contribution in [3.63, 3.8) is 0 Å². The third-order valence-electron chi connectivity index (χ3n) is 5.07. The van der Waals surface area contributed by atoms with Gasteiger partial charge in [0.1, 0.15) is 24.8 Å². The molecule has 0 aliphatic carbocycles. The molecule has 2 aliphatic heterocycles. The summed E-state index contributed by atoms with van der Waals surface area (Å²) in [6.07, 6.45) is -2.44. The number of hydrogen-bond acceptors (Lipinski definition) is 8. The maximum absolute atomic E-state index is 12.2. The van der Waals surface area contributed by atoms with Gasteiger partial charge in [-0.05, 0) is 48.5 Å². The van der Waals surface area contributed by atoms with Gasteiger partial charge in [0, 0.05) is 22.5 Å². The van der Waals surface area contributed by atoms with Crippen molar-refractivity contribution in [1.29, 1.82) is 0 Å². The minimum atomic E-state index is -0.692. The molecule has 2 saturated heterocycles. The van der Waals surface area contributed by atoms with Gasteiger partial charge in [-0.25, -0.2) is 9.59 Å². The summed E-state index contributed by atoms with van der Waals surface area (Å²) in [5.74, 6) is 0. The molecule has 2 fully saturated rings. The van der Waals surface area contributed by atoms with E-state index in [2.05, 4.69) is 10.6 Å². The predicted molar refractivity (Wildman–Crippen MR) is 111 cm³/mol. The molecule has 2 aliphatic rings. The quantitative estimate of drug-likeness (QED) is 0.656. The Morgan fingerprint density at radius 1 is 0.719 bits per heavy atom. The molecule has 4 atom stereocenters. The normalized spacial score (nSPS) is 23.6. The average molecular weight is 440 g/mol. The highest BCUT2D eigenvalue weighted by Gasteiger charge is 2.51. The van der Waals surface area contributed by atoms with Gasteiger partial charge in [0.2, 0.25) is 0 Å². The molecular formula is C22H20N2O8. The molecule has 0 aromatic heterocycles. The molecule has 0 unspecified atom stereocenters. The van der Waals surface area contributed by atoms with Crippen LogP contribution in [0.15, 0.2) is 48.5 Å². The first-order valence-electron chi connectivity index (χ1n) is 9.84. The Bertz CT molecular complexity index is 910. The number of carbonyl (C=O) groups is 4. The number of ether oxygens (including phenoxy) is 4. The Morgan fingerprint density at radius 2 is 1.09 bits per heavy atom. The molecule has 10 heteroatoms. The molecule has 4 rings (SSSR count). The Hall–Kier alpha value is -3.76. The third kappa shape index (κ3) is 4.93. The third-order valence-corrected chi connectivity index (χ3v) is 5.07. The lowest BCUT2D eigenvalue weighted by atomic mass is 10.1. The second-order valence-electron chi connectivity index (χ2n) is 7.21. The highest BCUT2D eigenvalue weighted by molar-refractivity contribution is 5.86. The van der Waals surface area contributed by atoms with Crippen molar-refractivity contribution in [2.75, 3.05) is 23.8 Å². The number of aldehydes is 2. The van der Waals surface area contributed by atoms with Gasteiger partial charge in [0.05, 0.1) is 13.2 Å². The SMILES string of the molecule is O=Cc1ccc(NC(=O)O[C@H]2CO[C@H]3[C@@H]2OC[C@H]3OC(=O)Nc2ccc(C=O)cc2)cc1. The van der Waals surface area contributed by atoms with E-state index in [4.69, 9.17) is 18.9 Å². The summed E-state index contributed by atoms with van der Waals surface area (Å²) in [6.45, 7) is 0.197. The molecule has 2 amide bonds. The van der Waals surface area contributed by atoms with Crippen LogP contribution in [-0.2, 0) is 18.9 Å². The van der Waals surface area contributed by atoms with Crippen LogP contribution in [0, 0.1) is 0 Å². The van der Waals surface area contributed by atoms with Crippen LogP contribution >= 0.6 is 0 Å². The molecule has 2 heterocycles. The van der Waals surface area contributed by atoms with Crippen LogP contribution in [0.1, 0.15) is 20.7 Å². The fourth-order valence-electron chi connectivity index (χ4n) is 3.49. The lowest BCUT2D eigenvalue weighted by Crippen LogP contribution is -2.37. The number of amides is 2. The van der Waals surface area contributed by atoms with Crippen molar-refractivity contribution in [3.05, 3.63) is 59.7 Å². The summed E-state index contributed by atoms with van der Waals surface area (Å²) >= 11 is 0. The van der Waals surface area contributed by atoms with E-state index in [0.29, 0.717) is 35.1 Å². The predicted octanol–water partition coefficient (Wildman–Crippen LogP) is 2.64. The van der Waals surface area contributed by atoms with Crippen LogP contribution < -0.4 is 10.6 Å². The molecular weight excluding hydrogens is 420 g/mol. The van der Waals surface area contributed by atoms with E-state index in [1.54, 1.807) is 48.5 Å². The lowest BCUT2D eigenvalue weighted by Gasteiger charge is -2.17. The van der Waals surface area contributed by atoms with E-state index in [1.807, 2.05) is 0 Å². The van der Waals surface area contributed by atoms with Gasteiger partial charge in [-0.1, -0.05) is 0 Å². The van der Waals surface area contributed by atoms with Gasteiger partial charge in [0.15, 0.2) is 12.2 Å². The number of fused-ring (bicyclic) bond motifs is 1. The van der Waals surface area contributed by atoms with Gasteiger partial charge in [-0.2, -0.15) is 0 Å². The number of rotatable bonds is 6. The van der Waals surface area contributed by atoms with Crippen LogP contribution in [0.3, 0.4) is 0 Å². The van der Waals surface area contributed by atoms with Gasteiger partial charge < -0.3 is 18.9 Å². The summed E-state index contributed by atoms with van der Waals surface area (Å²) in [5.41, 5.74) is 1.93. The van der Waals surface area contributed by atoms with Crippen molar-refractivity contribution in [3.8, 4) is 0 Å². The first-order chi connectivity index (χ1) is 15.6. The minimum Gasteiger partial charge on any atom is -0.441 e. The van der Waals surface area contributed by atoms with Crippen LogP contribution in [-0.4, -0.2) is 62.4 Å². The van der Waals surface area contributed by atoms with Crippen LogP contribution in [0.4, 0.5) is 21.0 Å². The van der Waals surface area contributed by atoms with E-state index in [1.165, 1.54) is 0 Å². The highest BCUT2D eigenvalue weighted by atomic mass is 16.7. The first kappa shape index (κ1) is 21.5. The van der Waals surface area contributed by atoms with E-state index in [9.17, 15) is 19.2 Å². The molecule has 2 N–H and O–H groups in total. The maximum Gasteiger partial charge on any atom is 0.412 e. The van der Waals surface area contributed by atoms with Crippen LogP contribution in [0.2, 0.25) is 0 Å². The topological polar surface area (TPSA) is 129 Å². The number of nitrogens with one attached hydrogen (secondary N) is 2. The molecule has 0 bridgehead atoms. The molecule has 0 radical (unpaired) electrons. The lowest BCUT2D eigenvalue weighted by molar-refractivity contribution is -0.00697. The molecule has 2 aromatic carbocycles. The summed E-state index contributed by atoms with van der Waals surface area (Å²) in [6, 6.07) is 12.6. The molecule has 0 saturated carbocycles. The van der Waals surface area contributed by atoms with Crippen molar-refractivity contribution >= 4 is 36.1 Å². The second kappa shape index (κ2) is 9.58. The number of carbonyl (C=O) groups excluding carboxylic acids is 4. The van der Waals surface area contributed by atoms with E-state index in [-0.39, 0.29) is 13.2 Å². The molecule has 166 valence electrons.